The Kier molecular flexibility index (Phi) is 5.87. The molecule has 1 aromatic carbocycles. The Hall–Kier alpha value is -2.40. The van der Waals surface area contributed by atoms with Gasteiger partial charge in [0.25, 0.3) is 5.91 Å². The molecule has 0 aromatic heterocycles. The van der Waals surface area contributed by atoms with Crippen molar-refractivity contribution in [3.63, 3.8) is 0 Å². The Balaban J connectivity index is 3.74. The van der Waals surface area contributed by atoms with E-state index in [1.165, 1.54) is 6.07 Å². The molecule has 1 atom stereocenters. The van der Waals surface area contributed by atoms with Gasteiger partial charge < -0.3 is 11.5 Å². The van der Waals surface area contributed by atoms with Gasteiger partial charge in [0.15, 0.2) is 15.8 Å². The van der Waals surface area contributed by atoms with E-state index in [1.54, 1.807) is 6.07 Å². The molecule has 0 heterocycles. The second-order valence-electron chi connectivity index (χ2n) is 5.32. The number of sulfone groups is 1. The minimum absolute atomic E-state index is 0.0657. The molecule has 0 radical (unpaired) electrons. The second kappa shape index (κ2) is 7.24. The number of hydrogen-bond donors (Lipinski definition) is 2. The average molecular weight is 336 g/mol. The quantitative estimate of drug-likeness (QED) is 0.613. The summed E-state index contributed by atoms with van der Waals surface area (Å²) in [5.41, 5.74) is 10.5. The van der Waals surface area contributed by atoms with Crippen LogP contribution in [0.1, 0.15) is 54.1 Å². The van der Waals surface area contributed by atoms with Gasteiger partial charge in [0.1, 0.15) is 6.07 Å². The predicted molar refractivity (Wildman–Crippen MR) is 87.7 cm³/mol. The minimum Gasteiger partial charge on any atom is -0.370 e. The molecule has 0 saturated carbocycles. The second-order valence-corrected chi connectivity index (χ2v) is 7.27. The van der Waals surface area contributed by atoms with Crippen LogP contribution in [0.5, 0.6) is 0 Å². The molecule has 8 heteroatoms. The SMILES string of the molecule is CCCC(C)c1ccc(C(=O)N=C(N)N)c(C#N)c1S(C)(=O)=O. The number of nitrogens with two attached hydrogens (primary N) is 2. The molecule has 4 N–H and O–H groups in total. The lowest BCUT2D eigenvalue weighted by Gasteiger charge is -2.17. The molecule has 1 amide bonds. The van der Waals surface area contributed by atoms with Crippen LogP contribution in [0.25, 0.3) is 0 Å². The van der Waals surface area contributed by atoms with Gasteiger partial charge in [-0.05, 0) is 24.0 Å². The molecule has 0 saturated heterocycles. The fourth-order valence-corrected chi connectivity index (χ4v) is 3.67. The third-order valence-electron chi connectivity index (χ3n) is 3.38. The molecule has 0 aliphatic carbocycles. The van der Waals surface area contributed by atoms with Crippen molar-refractivity contribution in [3.05, 3.63) is 28.8 Å². The third-order valence-corrected chi connectivity index (χ3v) is 4.57. The summed E-state index contributed by atoms with van der Waals surface area (Å²) >= 11 is 0. The fraction of sp³-hybridized carbons (Fsp3) is 0.400. The van der Waals surface area contributed by atoms with Gasteiger partial charge in [-0.3, -0.25) is 4.79 Å². The number of nitriles is 1. The van der Waals surface area contributed by atoms with E-state index in [4.69, 9.17) is 11.5 Å². The van der Waals surface area contributed by atoms with Crippen LogP contribution in [-0.4, -0.2) is 26.5 Å². The van der Waals surface area contributed by atoms with Gasteiger partial charge in [0, 0.05) is 6.26 Å². The third kappa shape index (κ3) is 4.29. The van der Waals surface area contributed by atoms with Crippen molar-refractivity contribution in [1.29, 1.82) is 5.26 Å². The highest BCUT2D eigenvalue weighted by molar-refractivity contribution is 7.90. The smallest absolute Gasteiger partial charge is 0.281 e. The molecule has 23 heavy (non-hydrogen) atoms. The Morgan fingerprint density at radius 3 is 2.43 bits per heavy atom. The number of hydrogen-bond acceptors (Lipinski definition) is 4. The van der Waals surface area contributed by atoms with Crippen LogP contribution in [0.4, 0.5) is 0 Å². The maximum absolute atomic E-state index is 12.2. The summed E-state index contributed by atoms with van der Waals surface area (Å²) in [7, 11) is -3.71. The summed E-state index contributed by atoms with van der Waals surface area (Å²) in [4.78, 5) is 15.3. The van der Waals surface area contributed by atoms with Crippen LogP contribution in [0.2, 0.25) is 0 Å². The molecule has 1 aromatic rings. The monoisotopic (exact) mass is 336 g/mol. The molecule has 0 aliphatic heterocycles. The van der Waals surface area contributed by atoms with Crippen molar-refractivity contribution in [3.8, 4) is 6.07 Å². The topological polar surface area (TPSA) is 139 Å². The van der Waals surface area contributed by atoms with Crippen molar-refractivity contribution in [2.45, 2.75) is 37.5 Å². The first-order valence-electron chi connectivity index (χ1n) is 7.04. The highest BCUT2D eigenvalue weighted by Gasteiger charge is 2.26. The van der Waals surface area contributed by atoms with Crippen LogP contribution in [0.15, 0.2) is 22.0 Å². The largest absolute Gasteiger partial charge is 0.370 e. The molecule has 1 unspecified atom stereocenters. The molecule has 124 valence electrons. The van der Waals surface area contributed by atoms with Gasteiger partial charge >= 0.3 is 0 Å². The molecule has 0 aliphatic rings. The maximum Gasteiger partial charge on any atom is 0.281 e. The van der Waals surface area contributed by atoms with Crippen molar-refractivity contribution in [1.82, 2.24) is 0 Å². The van der Waals surface area contributed by atoms with Crippen molar-refractivity contribution >= 4 is 21.7 Å². The Bertz CT molecular complexity index is 788. The standard InChI is InChI=1S/C15H20N4O3S/c1-4-5-9(2)10-6-7-11(14(20)19-15(17)18)12(8-16)13(10)23(3,21)22/h6-7,9H,4-5H2,1-3H3,(H4,17,18,19,20). The molecule has 7 nitrogen and oxygen atoms in total. The van der Waals surface area contributed by atoms with E-state index in [9.17, 15) is 18.5 Å². The van der Waals surface area contributed by atoms with Gasteiger partial charge in [0.05, 0.1) is 16.0 Å². The van der Waals surface area contributed by atoms with Crippen LogP contribution >= 0.6 is 0 Å². The summed E-state index contributed by atoms with van der Waals surface area (Å²) in [5.74, 6) is -1.37. The lowest BCUT2D eigenvalue weighted by Crippen LogP contribution is -2.24. The summed E-state index contributed by atoms with van der Waals surface area (Å²) in [6, 6.07) is 4.75. The number of amides is 1. The zero-order valence-electron chi connectivity index (χ0n) is 13.3. The highest BCUT2D eigenvalue weighted by Crippen LogP contribution is 2.32. The zero-order valence-corrected chi connectivity index (χ0v) is 14.1. The summed E-state index contributed by atoms with van der Waals surface area (Å²) in [6.07, 6.45) is 2.63. The van der Waals surface area contributed by atoms with Crippen molar-refractivity contribution in [2.75, 3.05) is 6.26 Å². The summed E-state index contributed by atoms with van der Waals surface area (Å²) in [5, 5.41) is 9.40. The van der Waals surface area contributed by atoms with Gasteiger partial charge in [-0.1, -0.05) is 26.3 Å². The van der Waals surface area contributed by atoms with Crippen LogP contribution < -0.4 is 11.5 Å². The summed E-state index contributed by atoms with van der Waals surface area (Å²) in [6.45, 7) is 3.87. The predicted octanol–water partition coefficient (Wildman–Crippen LogP) is 1.28. The van der Waals surface area contributed by atoms with Crippen molar-refractivity contribution < 1.29 is 13.2 Å². The Labute approximate surface area is 135 Å². The lowest BCUT2D eigenvalue weighted by molar-refractivity contribution is 0.100. The van der Waals surface area contributed by atoms with Crippen LogP contribution in [0, 0.1) is 11.3 Å². The molecular formula is C15H20N4O3S. The number of carbonyl (C=O) groups excluding carboxylic acids is 1. The van der Waals surface area contributed by atoms with E-state index >= 15 is 0 Å². The first-order chi connectivity index (χ1) is 10.6. The molecule has 0 fully saturated rings. The zero-order chi connectivity index (χ0) is 17.8. The number of carbonyl (C=O) groups is 1. The number of benzene rings is 1. The average Bonchev–Trinajstić information content (AvgIpc) is 2.44. The van der Waals surface area contributed by atoms with Gasteiger partial charge in [-0.25, -0.2) is 8.42 Å². The van der Waals surface area contributed by atoms with E-state index in [2.05, 4.69) is 4.99 Å². The first kappa shape index (κ1) is 18.6. The van der Waals surface area contributed by atoms with Crippen LogP contribution in [0.3, 0.4) is 0 Å². The van der Waals surface area contributed by atoms with E-state index < -0.39 is 21.7 Å². The van der Waals surface area contributed by atoms with Gasteiger partial charge in [0.2, 0.25) is 0 Å². The lowest BCUT2D eigenvalue weighted by atomic mass is 9.93. The van der Waals surface area contributed by atoms with Crippen LogP contribution in [-0.2, 0) is 9.84 Å². The number of nitrogens with zero attached hydrogens (tertiary/aromatic N) is 2. The number of aliphatic imine (C=N–C) groups is 1. The van der Waals surface area contributed by atoms with E-state index in [0.717, 1.165) is 19.1 Å². The molecule has 1 rings (SSSR count). The van der Waals surface area contributed by atoms with Gasteiger partial charge in [-0.2, -0.15) is 10.3 Å². The normalized spacial score (nSPS) is 12.3. The van der Waals surface area contributed by atoms with Gasteiger partial charge in [-0.15, -0.1) is 0 Å². The Morgan fingerprint density at radius 1 is 1.39 bits per heavy atom. The number of guanidine groups is 1. The van der Waals surface area contributed by atoms with E-state index in [-0.39, 0.29) is 21.9 Å². The fourth-order valence-electron chi connectivity index (χ4n) is 2.44. The maximum atomic E-state index is 12.2. The number of rotatable bonds is 5. The van der Waals surface area contributed by atoms with Crippen molar-refractivity contribution in [2.24, 2.45) is 16.5 Å². The minimum atomic E-state index is -3.71. The summed E-state index contributed by atoms with van der Waals surface area (Å²) < 4.78 is 24.4. The van der Waals surface area contributed by atoms with E-state index in [1.807, 2.05) is 19.9 Å². The highest BCUT2D eigenvalue weighted by atomic mass is 32.2. The Morgan fingerprint density at radius 2 is 2.00 bits per heavy atom. The molecular weight excluding hydrogens is 316 g/mol. The first-order valence-corrected chi connectivity index (χ1v) is 8.93. The van der Waals surface area contributed by atoms with E-state index in [0.29, 0.717) is 5.56 Å². The molecule has 0 bridgehead atoms. The molecule has 0 spiro atoms.